The summed E-state index contributed by atoms with van der Waals surface area (Å²) in [6.07, 6.45) is 1.10. The minimum atomic E-state index is -2.00. The number of aliphatic carboxylic acids is 1. The van der Waals surface area contributed by atoms with Crippen molar-refractivity contribution < 1.29 is 58.9 Å². The van der Waals surface area contributed by atoms with Gasteiger partial charge in [0, 0.05) is 26.0 Å². The Balaban J connectivity index is 1.43. The first kappa shape index (κ1) is 33.6. The lowest BCUT2D eigenvalue weighted by Crippen LogP contribution is -2.60. The van der Waals surface area contributed by atoms with E-state index in [4.69, 9.17) is 24.7 Å². The SMILES string of the molecule is NCCOc1ccc(C=CC(=O)CO[C@@]2(C(=O)O)C[C@@H](O)[C@@H]3OCCC[C@H](C(=O)C=Cc4ccc(O)c(O)c4)O[C@@H]3C2)cc1O. The van der Waals surface area contributed by atoms with Gasteiger partial charge in [-0.2, -0.15) is 0 Å². The number of phenols is 3. The zero-order valence-corrected chi connectivity index (χ0v) is 24.4. The van der Waals surface area contributed by atoms with Gasteiger partial charge in [0.1, 0.15) is 25.4 Å². The van der Waals surface area contributed by atoms with Crippen molar-refractivity contribution in [2.45, 2.75) is 55.7 Å². The molecule has 4 rings (SSSR count). The van der Waals surface area contributed by atoms with Crippen molar-refractivity contribution in [1.82, 2.24) is 0 Å². The maximum absolute atomic E-state index is 13.1. The average molecular weight is 628 g/mol. The standard InChI is InChI=1S/C32H37NO12/c33-11-13-42-27-10-6-19(15-25(27)38)3-7-21(34)18-44-32(31(40)41)16-26(39)30-29(17-32)45-28(2-1-12-43-30)23(36)9-5-20-4-8-22(35)24(37)14-20/h3-10,14-15,26,28-30,35,37-39H,1-2,11-13,16-18,33H2,(H,40,41)/t26-,28-,29-,30+,32+/m1/s1. The van der Waals surface area contributed by atoms with Crippen LogP contribution in [-0.2, 0) is 28.6 Å². The lowest BCUT2D eigenvalue weighted by atomic mass is 9.78. The van der Waals surface area contributed by atoms with E-state index in [1.54, 1.807) is 6.07 Å². The highest BCUT2D eigenvalue weighted by Crippen LogP contribution is 2.38. The van der Waals surface area contributed by atoms with Gasteiger partial charge in [0.2, 0.25) is 0 Å². The summed E-state index contributed by atoms with van der Waals surface area (Å²) in [6.45, 7) is 0.0806. The van der Waals surface area contributed by atoms with Crippen molar-refractivity contribution in [2.75, 3.05) is 26.4 Å². The molecule has 0 amide bonds. The molecule has 13 heteroatoms. The number of fused-ring (bicyclic) bond motifs is 1. The van der Waals surface area contributed by atoms with Gasteiger partial charge in [0.25, 0.3) is 0 Å². The van der Waals surface area contributed by atoms with Gasteiger partial charge in [-0.05, 0) is 60.4 Å². The van der Waals surface area contributed by atoms with E-state index < -0.39 is 54.2 Å². The summed E-state index contributed by atoms with van der Waals surface area (Å²) < 4.78 is 22.8. The third kappa shape index (κ3) is 8.68. The van der Waals surface area contributed by atoms with Gasteiger partial charge in [-0.1, -0.05) is 24.3 Å². The number of phenolic OH excluding ortho intramolecular Hbond substituents is 3. The van der Waals surface area contributed by atoms with E-state index in [-0.39, 0.29) is 62.0 Å². The number of carboxylic acids is 1. The predicted molar refractivity (Wildman–Crippen MR) is 160 cm³/mol. The van der Waals surface area contributed by atoms with E-state index in [0.29, 0.717) is 17.5 Å². The van der Waals surface area contributed by atoms with Gasteiger partial charge in [0.15, 0.2) is 40.2 Å². The highest BCUT2D eigenvalue weighted by atomic mass is 16.6. The molecule has 13 nitrogen and oxygen atoms in total. The third-order valence-corrected chi connectivity index (χ3v) is 7.53. The van der Waals surface area contributed by atoms with Gasteiger partial charge in [0.05, 0.1) is 12.2 Å². The minimum Gasteiger partial charge on any atom is -0.504 e. The molecule has 7 N–H and O–H groups in total. The van der Waals surface area contributed by atoms with E-state index >= 15 is 0 Å². The summed E-state index contributed by atoms with van der Waals surface area (Å²) >= 11 is 0. The van der Waals surface area contributed by atoms with E-state index in [9.17, 15) is 39.9 Å². The lowest BCUT2D eigenvalue weighted by molar-refractivity contribution is -0.225. The number of ether oxygens (including phenoxy) is 4. The smallest absolute Gasteiger partial charge is 0.336 e. The molecule has 2 fully saturated rings. The van der Waals surface area contributed by atoms with E-state index in [1.807, 2.05) is 0 Å². The van der Waals surface area contributed by atoms with Crippen LogP contribution in [0.25, 0.3) is 12.2 Å². The first-order valence-corrected chi connectivity index (χ1v) is 14.4. The Hall–Kier alpha value is -4.27. The minimum absolute atomic E-state index is 0.141. The van der Waals surface area contributed by atoms with Crippen LogP contribution in [0.3, 0.4) is 0 Å². The second-order valence-corrected chi connectivity index (χ2v) is 10.9. The number of ketones is 2. The van der Waals surface area contributed by atoms with Crippen molar-refractivity contribution >= 4 is 29.7 Å². The first-order valence-electron chi connectivity index (χ1n) is 14.4. The molecule has 1 saturated carbocycles. The molecular weight excluding hydrogens is 590 g/mol. The molecule has 242 valence electrons. The topological polar surface area (TPSA) is 215 Å². The normalized spacial score (nSPS) is 25.4. The molecule has 2 aliphatic rings. The molecule has 2 aromatic carbocycles. The van der Waals surface area contributed by atoms with Crippen molar-refractivity contribution in [1.29, 1.82) is 0 Å². The van der Waals surface area contributed by atoms with Crippen LogP contribution in [0, 0.1) is 0 Å². The number of carbonyl (C=O) groups excluding carboxylic acids is 2. The molecular formula is C32H37NO12. The zero-order valence-electron chi connectivity index (χ0n) is 24.4. The summed E-state index contributed by atoms with van der Waals surface area (Å²) in [5.74, 6) is -2.94. The van der Waals surface area contributed by atoms with Crippen molar-refractivity contribution in [3.8, 4) is 23.0 Å². The van der Waals surface area contributed by atoms with E-state index in [1.165, 1.54) is 54.6 Å². The van der Waals surface area contributed by atoms with Crippen LogP contribution in [0.4, 0.5) is 0 Å². The Morgan fingerprint density at radius 2 is 1.69 bits per heavy atom. The number of rotatable bonds is 12. The summed E-state index contributed by atoms with van der Waals surface area (Å²) in [5.41, 5.74) is 4.34. The molecule has 0 radical (unpaired) electrons. The van der Waals surface area contributed by atoms with Crippen LogP contribution in [0.2, 0.25) is 0 Å². The molecule has 45 heavy (non-hydrogen) atoms. The maximum atomic E-state index is 13.1. The van der Waals surface area contributed by atoms with Crippen LogP contribution in [0.5, 0.6) is 23.0 Å². The number of carboxylic acid groups (broad SMARTS) is 1. The maximum Gasteiger partial charge on any atom is 0.336 e. The summed E-state index contributed by atoms with van der Waals surface area (Å²) in [5, 5.41) is 50.4. The highest BCUT2D eigenvalue weighted by molar-refractivity contribution is 5.97. The van der Waals surface area contributed by atoms with Gasteiger partial charge in [-0.3, -0.25) is 9.59 Å². The second-order valence-electron chi connectivity index (χ2n) is 10.9. The van der Waals surface area contributed by atoms with Crippen molar-refractivity contribution in [3.05, 3.63) is 59.7 Å². The monoisotopic (exact) mass is 627 g/mol. The molecule has 0 spiro atoms. The van der Waals surface area contributed by atoms with Gasteiger partial charge < -0.3 is 50.2 Å². The number of nitrogens with two attached hydrogens (primary N) is 1. The second kappa shape index (κ2) is 15.1. The number of hydrogen-bond acceptors (Lipinski definition) is 12. The first-order chi connectivity index (χ1) is 21.5. The van der Waals surface area contributed by atoms with Gasteiger partial charge in [-0.25, -0.2) is 4.79 Å². The molecule has 0 unspecified atom stereocenters. The number of aliphatic hydroxyl groups excluding tert-OH is 1. The number of aliphatic hydroxyl groups is 1. The summed E-state index contributed by atoms with van der Waals surface area (Å²) in [4.78, 5) is 38.2. The van der Waals surface area contributed by atoms with Crippen LogP contribution in [0.1, 0.15) is 36.8 Å². The number of hydrogen-bond donors (Lipinski definition) is 6. The van der Waals surface area contributed by atoms with Crippen LogP contribution < -0.4 is 10.5 Å². The Labute approximate surface area is 259 Å². The summed E-state index contributed by atoms with van der Waals surface area (Å²) in [7, 11) is 0. The van der Waals surface area contributed by atoms with Gasteiger partial charge >= 0.3 is 5.97 Å². The van der Waals surface area contributed by atoms with Gasteiger partial charge in [-0.15, -0.1) is 0 Å². The predicted octanol–water partition coefficient (Wildman–Crippen LogP) is 1.93. The quantitative estimate of drug-likeness (QED) is 0.147. The fraction of sp³-hybridized carbons (Fsp3) is 0.406. The van der Waals surface area contributed by atoms with E-state index in [2.05, 4.69) is 0 Å². The Kier molecular flexibility index (Phi) is 11.3. The lowest BCUT2D eigenvalue weighted by Gasteiger charge is -2.45. The van der Waals surface area contributed by atoms with Crippen molar-refractivity contribution in [2.24, 2.45) is 5.73 Å². The van der Waals surface area contributed by atoms with Crippen LogP contribution in [0.15, 0.2) is 48.6 Å². The average Bonchev–Trinajstić information content (AvgIpc) is 2.99. The molecule has 2 aromatic rings. The number of carbonyl (C=O) groups is 3. The molecule has 1 saturated heterocycles. The largest absolute Gasteiger partial charge is 0.504 e. The molecule has 0 bridgehead atoms. The van der Waals surface area contributed by atoms with E-state index in [0.717, 1.165) is 0 Å². The molecule has 0 aromatic heterocycles. The third-order valence-electron chi connectivity index (χ3n) is 7.53. The summed E-state index contributed by atoms with van der Waals surface area (Å²) in [6, 6.07) is 8.60. The van der Waals surface area contributed by atoms with Crippen molar-refractivity contribution in [3.63, 3.8) is 0 Å². The molecule has 1 aliphatic heterocycles. The highest BCUT2D eigenvalue weighted by Gasteiger charge is 2.53. The molecule has 1 aliphatic carbocycles. The number of benzene rings is 2. The Morgan fingerprint density at radius 1 is 0.978 bits per heavy atom. The number of aromatic hydroxyl groups is 3. The fourth-order valence-corrected chi connectivity index (χ4v) is 5.21. The Morgan fingerprint density at radius 3 is 2.38 bits per heavy atom. The Bertz CT molecular complexity index is 1440. The van der Waals surface area contributed by atoms with Crippen LogP contribution in [-0.4, -0.2) is 99.5 Å². The molecule has 1 heterocycles. The molecule has 5 atom stereocenters. The zero-order chi connectivity index (χ0) is 32.6. The fourth-order valence-electron chi connectivity index (χ4n) is 5.21. The van der Waals surface area contributed by atoms with Crippen LogP contribution >= 0.6 is 0 Å².